The Hall–Kier alpha value is -0.670. The molecule has 0 saturated heterocycles. The SMILES string of the molecule is CCCN(CCC(=O)c1ccc(Br)cc1)C(C)C. The highest BCUT2D eigenvalue weighted by Gasteiger charge is 2.11. The molecule has 0 radical (unpaired) electrons. The van der Waals surface area contributed by atoms with Crippen LogP contribution in [0, 0.1) is 0 Å². The van der Waals surface area contributed by atoms with Crippen molar-refractivity contribution in [3.63, 3.8) is 0 Å². The second kappa shape index (κ2) is 7.70. The van der Waals surface area contributed by atoms with E-state index in [1.165, 1.54) is 0 Å². The Kier molecular flexibility index (Phi) is 6.58. The fourth-order valence-electron chi connectivity index (χ4n) is 1.94. The number of benzene rings is 1. The third kappa shape index (κ3) is 4.91. The van der Waals surface area contributed by atoms with Crippen molar-refractivity contribution in [2.45, 2.75) is 39.7 Å². The predicted octanol–water partition coefficient (Wildman–Crippen LogP) is 4.14. The van der Waals surface area contributed by atoms with E-state index in [1.54, 1.807) is 0 Å². The van der Waals surface area contributed by atoms with Crippen LogP contribution < -0.4 is 0 Å². The molecular weight excluding hydrogens is 290 g/mol. The molecule has 1 rings (SSSR count). The maximum Gasteiger partial charge on any atom is 0.164 e. The van der Waals surface area contributed by atoms with Gasteiger partial charge >= 0.3 is 0 Å². The molecule has 0 bridgehead atoms. The lowest BCUT2D eigenvalue weighted by molar-refractivity contribution is 0.0955. The van der Waals surface area contributed by atoms with E-state index in [0.29, 0.717) is 12.5 Å². The Balaban J connectivity index is 2.51. The van der Waals surface area contributed by atoms with E-state index in [-0.39, 0.29) is 5.78 Å². The molecule has 0 saturated carbocycles. The van der Waals surface area contributed by atoms with Crippen molar-refractivity contribution in [1.29, 1.82) is 0 Å². The summed E-state index contributed by atoms with van der Waals surface area (Å²) in [6.07, 6.45) is 1.73. The number of carbonyl (C=O) groups is 1. The van der Waals surface area contributed by atoms with E-state index in [9.17, 15) is 4.79 Å². The molecule has 0 heterocycles. The predicted molar refractivity (Wildman–Crippen MR) is 80.1 cm³/mol. The number of hydrogen-bond donors (Lipinski definition) is 0. The smallest absolute Gasteiger partial charge is 0.164 e. The summed E-state index contributed by atoms with van der Waals surface area (Å²) in [6.45, 7) is 8.44. The number of halogens is 1. The van der Waals surface area contributed by atoms with Crippen LogP contribution in [-0.2, 0) is 0 Å². The van der Waals surface area contributed by atoms with Gasteiger partial charge in [-0.2, -0.15) is 0 Å². The molecule has 0 aliphatic carbocycles. The quantitative estimate of drug-likeness (QED) is 0.705. The van der Waals surface area contributed by atoms with E-state index in [0.717, 1.165) is 29.5 Å². The van der Waals surface area contributed by atoms with Crippen molar-refractivity contribution >= 4 is 21.7 Å². The van der Waals surface area contributed by atoms with Gasteiger partial charge in [0.1, 0.15) is 0 Å². The highest BCUT2D eigenvalue weighted by molar-refractivity contribution is 9.10. The minimum atomic E-state index is 0.226. The summed E-state index contributed by atoms with van der Waals surface area (Å²) in [6, 6.07) is 8.10. The van der Waals surface area contributed by atoms with E-state index >= 15 is 0 Å². The van der Waals surface area contributed by atoms with Gasteiger partial charge in [0.05, 0.1) is 0 Å². The molecule has 0 aliphatic rings. The van der Waals surface area contributed by atoms with Crippen LogP contribution >= 0.6 is 15.9 Å². The fraction of sp³-hybridized carbons (Fsp3) is 0.533. The van der Waals surface area contributed by atoms with Crippen LogP contribution in [0.25, 0.3) is 0 Å². The number of carbonyl (C=O) groups excluding carboxylic acids is 1. The molecular formula is C15H22BrNO. The normalized spacial score (nSPS) is 11.2. The van der Waals surface area contributed by atoms with Gasteiger partial charge in [-0.15, -0.1) is 0 Å². The van der Waals surface area contributed by atoms with Gasteiger partial charge in [0.2, 0.25) is 0 Å². The number of hydrogen-bond acceptors (Lipinski definition) is 2. The zero-order valence-corrected chi connectivity index (χ0v) is 13.0. The Morgan fingerprint density at radius 2 is 1.83 bits per heavy atom. The molecule has 0 fully saturated rings. The summed E-state index contributed by atoms with van der Waals surface area (Å²) < 4.78 is 1.01. The molecule has 100 valence electrons. The van der Waals surface area contributed by atoms with Crippen molar-refractivity contribution in [3.05, 3.63) is 34.3 Å². The van der Waals surface area contributed by atoms with E-state index in [4.69, 9.17) is 0 Å². The first kappa shape index (κ1) is 15.4. The van der Waals surface area contributed by atoms with Gasteiger partial charge in [0, 0.05) is 29.0 Å². The van der Waals surface area contributed by atoms with Crippen LogP contribution in [0.4, 0.5) is 0 Å². The Morgan fingerprint density at radius 1 is 1.22 bits per heavy atom. The number of ketones is 1. The molecule has 0 N–H and O–H groups in total. The first-order valence-electron chi connectivity index (χ1n) is 6.57. The largest absolute Gasteiger partial charge is 0.300 e. The van der Waals surface area contributed by atoms with Gasteiger partial charge in [0.15, 0.2) is 5.78 Å². The van der Waals surface area contributed by atoms with Crippen LogP contribution in [0.2, 0.25) is 0 Å². The highest BCUT2D eigenvalue weighted by atomic mass is 79.9. The van der Waals surface area contributed by atoms with Crippen LogP contribution in [0.3, 0.4) is 0 Å². The van der Waals surface area contributed by atoms with E-state index in [1.807, 2.05) is 24.3 Å². The second-order valence-corrected chi connectivity index (χ2v) is 5.73. The van der Waals surface area contributed by atoms with Crippen LogP contribution in [0.1, 0.15) is 44.0 Å². The van der Waals surface area contributed by atoms with Crippen molar-refractivity contribution in [2.75, 3.05) is 13.1 Å². The van der Waals surface area contributed by atoms with Crippen LogP contribution in [0.15, 0.2) is 28.7 Å². The Morgan fingerprint density at radius 3 is 2.33 bits per heavy atom. The second-order valence-electron chi connectivity index (χ2n) is 4.81. The van der Waals surface area contributed by atoms with Crippen molar-refractivity contribution in [2.24, 2.45) is 0 Å². The number of Topliss-reactive ketones (excluding diaryl/α,β-unsaturated/α-hetero) is 1. The standard InChI is InChI=1S/C15H22BrNO/c1-4-10-17(12(2)3)11-9-15(18)13-5-7-14(16)8-6-13/h5-8,12H,4,9-11H2,1-3H3. The Bertz CT molecular complexity index is 373. The van der Waals surface area contributed by atoms with Gasteiger partial charge in [-0.1, -0.05) is 35.0 Å². The van der Waals surface area contributed by atoms with Gasteiger partial charge in [-0.25, -0.2) is 0 Å². The maximum atomic E-state index is 12.0. The topological polar surface area (TPSA) is 20.3 Å². The molecule has 3 heteroatoms. The van der Waals surface area contributed by atoms with Gasteiger partial charge in [-0.05, 0) is 38.9 Å². The minimum absolute atomic E-state index is 0.226. The van der Waals surface area contributed by atoms with Crippen LogP contribution in [-0.4, -0.2) is 29.8 Å². The van der Waals surface area contributed by atoms with E-state index < -0.39 is 0 Å². The molecule has 1 aromatic rings. The molecule has 18 heavy (non-hydrogen) atoms. The summed E-state index contributed by atoms with van der Waals surface area (Å²) in [4.78, 5) is 14.4. The molecule has 0 amide bonds. The average Bonchev–Trinajstić information content (AvgIpc) is 2.34. The average molecular weight is 312 g/mol. The van der Waals surface area contributed by atoms with Crippen LogP contribution in [0.5, 0.6) is 0 Å². The molecule has 0 aliphatic heterocycles. The molecule has 2 nitrogen and oxygen atoms in total. The van der Waals surface area contributed by atoms with Gasteiger partial charge in [-0.3, -0.25) is 4.79 Å². The molecule has 0 aromatic heterocycles. The van der Waals surface area contributed by atoms with Gasteiger partial charge < -0.3 is 4.90 Å². The van der Waals surface area contributed by atoms with E-state index in [2.05, 4.69) is 41.6 Å². The van der Waals surface area contributed by atoms with Crippen molar-refractivity contribution < 1.29 is 4.79 Å². The summed E-state index contributed by atoms with van der Waals surface area (Å²) >= 11 is 3.38. The monoisotopic (exact) mass is 311 g/mol. The first-order chi connectivity index (χ1) is 8.54. The first-order valence-corrected chi connectivity index (χ1v) is 7.36. The lowest BCUT2D eigenvalue weighted by Gasteiger charge is -2.25. The zero-order valence-electron chi connectivity index (χ0n) is 11.4. The summed E-state index contributed by atoms with van der Waals surface area (Å²) in [5, 5.41) is 0. The third-order valence-electron chi connectivity index (χ3n) is 3.03. The summed E-state index contributed by atoms with van der Waals surface area (Å²) in [5.41, 5.74) is 0.804. The minimum Gasteiger partial charge on any atom is -0.300 e. The molecule has 1 aromatic carbocycles. The fourth-order valence-corrected chi connectivity index (χ4v) is 2.21. The maximum absolute atomic E-state index is 12.0. The van der Waals surface area contributed by atoms with Crippen molar-refractivity contribution in [1.82, 2.24) is 4.90 Å². The molecule has 0 atom stereocenters. The lowest BCUT2D eigenvalue weighted by atomic mass is 10.1. The Labute approximate surface area is 119 Å². The number of nitrogens with zero attached hydrogens (tertiary/aromatic N) is 1. The summed E-state index contributed by atoms with van der Waals surface area (Å²) in [5.74, 6) is 0.226. The molecule has 0 spiro atoms. The lowest BCUT2D eigenvalue weighted by Crippen LogP contribution is -2.33. The van der Waals surface area contributed by atoms with Crippen molar-refractivity contribution in [3.8, 4) is 0 Å². The molecule has 0 unspecified atom stereocenters. The zero-order chi connectivity index (χ0) is 13.5. The number of rotatable bonds is 7. The summed E-state index contributed by atoms with van der Waals surface area (Å²) in [7, 11) is 0. The third-order valence-corrected chi connectivity index (χ3v) is 3.56. The van der Waals surface area contributed by atoms with Gasteiger partial charge in [0.25, 0.3) is 0 Å². The highest BCUT2D eigenvalue weighted by Crippen LogP contribution is 2.12.